The average Bonchev–Trinajstić information content (AvgIpc) is 3.08. The van der Waals surface area contributed by atoms with E-state index in [1.807, 2.05) is 0 Å². The van der Waals surface area contributed by atoms with Gasteiger partial charge in [-0.1, -0.05) is 194 Å². The second-order valence-electron chi connectivity index (χ2n) is 14.8. The Kier molecular flexibility index (Phi) is 42.5. The number of hydrogen-bond donors (Lipinski definition) is 0. The van der Waals surface area contributed by atoms with E-state index < -0.39 is 14.1 Å². The van der Waals surface area contributed by atoms with Crippen LogP contribution in [0.1, 0.15) is 219 Å². The molecule has 6 nitrogen and oxygen atoms in total. The molecule has 0 saturated carbocycles. The Morgan fingerprint density at radius 2 is 0.635 bits per heavy atom. The first-order valence-corrected chi connectivity index (χ1v) is 23.2. The van der Waals surface area contributed by atoms with Crippen LogP contribution in [0.3, 0.4) is 0 Å². The van der Waals surface area contributed by atoms with E-state index in [1.54, 1.807) is 12.1 Å². The van der Waals surface area contributed by atoms with E-state index in [1.165, 1.54) is 154 Å². The van der Waals surface area contributed by atoms with Crippen LogP contribution in [-0.2, 0) is 6.16 Å². The molecule has 0 aliphatic rings. The SMILES string of the molecule is CCCCCCCCCCCCOc1cc(C[P+]([O-])([O-])[O-])cc(OCCCCCCCCCCCC)c1OCCCCCCCCCCCC.[Na+].[Na+]. The Balaban J connectivity index is 0. The molecule has 0 radical (unpaired) electrons. The zero-order chi connectivity index (χ0) is 36.4. The fraction of sp³-hybridized carbons (Fsp3) is 0.860. The van der Waals surface area contributed by atoms with Gasteiger partial charge in [0.25, 0.3) is 0 Å². The maximum Gasteiger partial charge on any atom is 1.00 e. The summed E-state index contributed by atoms with van der Waals surface area (Å²) < 4.78 is 18.9. The predicted octanol–water partition coefficient (Wildman–Crippen LogP) is 5.94. The zero-order valence-corrected chi connectivity index (χ0v) is 40.0. The Morgan fingerprint density at radius 3 is 0.904 bits per heavy atom. The third-order valence-corrected chi connectivity index (χ3v) is 10.5. The Labute approximate surface area is 367 Å². The number of unbranched alkanes of at least 4 members (excludes halogenated alkanes) is 27. The molecule has 9 heteroatoms. The van der Waals surface area contributed by atoms with Gasteiger partial charge < -0.3 is 28.9 Å². The summed E-state index contributed by atoms with van der Waals surface area (Å²) in [5.41, 5.74) is 0.403. The number of rotatable bonds is 38. The van der Waals surface area contributed by atoms with Crippen molar-refractivity contribution in [3.63, 3.8) is 0 Å². The first kappa shape index (κ1) is 55.0. The van der Waals surface area contributed by atoms with Gasteiger partial charge in [-0.05, 0) is 37.0 Å². The van der Waals surface area contributed by atoms with E-state index in [4.69, 9.17) is 14.2 Å². The molecule has 0 saturated heterocycles. The molecule has 0 unspecified atom stereocenters. The van der Waals surface area contributed by atoms with Crippen molar-refractivity contribution in [1.82, 2.24) is 0 Å². The van der Waals surface area contributed by atoms with E-state index in [0.29, 0.717) is 42.6 Å². The summed E-state index contributed by atoms with van der Waals surface area (Å²) in [5, 5.41) is 0. The first-order valence-electron chi connectivity index (χ1n) is 21.5. The fourth-order valence-corrected chi connectivity index (χ4v) is 7.24. The molecular weight excluding hydrogens is 689 g/mol. The third kappa shape index (κ3) is 34.2. The van der Waals surface area contributed by atoms with Gasteiger partial charge >= 0.3 is 59.1 Å². The second kappa shape index (κ2) is 40.1. The molecule has 0 atom stereocenters. The Bertz CT molecular complexity index is 839. The molecule has 1 aromatic rings. The van der Waals surface area contributed by atoms with Crippen molar-refractivity contribution in [2.45, 2.75) is 220 Å². The summed E-state index contributed by atoms with van der Waals surface area (Å²) in [6.07, 6.45) is 36.8. The van der Waals surface area contributed by atoms with E-state index >= 15 is 0 Å². The van der Waals surface area contributed by atoms with Crippen molar-refractivity contribution in [2.24, 2.45) is 0 Å². The van der Waals surface area contributed by atoms with Crippen LogP contribution >= 0.6 is 7.94 Å². The van der Waals surface area contributed by atoms with Crippen LogP contribution in [0.5, 0.6) is 17.2 Å². The minimum Gasteiger partial charge on any atom is -0.687 e. The number of benzene rings is 1. The van der Waals surface area contributed by atoms with E-state index in [9.17, 15) is 14.7 Å². The van der Waals surface area contributed by atoms with Crippen LogP contribution in [0.2, 0.25) is 0 Å². The second-order valence-corrected chi connectivity index (χ2v) is 16.3. The normalized spacial score (nSPS) is 11.3. The van der Waals surface area contributed by atoms with Gasteiger partial charge in [-0.15, -0.1) is 0 Å². The van der Waals surface area contributed by atoms with Gasteiger partial charge in [0.05, 0.1) is 26.0 Å². The van der Waals surface area contributed by atoms with Crippen LogP contribution < -0.4 is 88.0 Å². The van der Waals surface area contributed by atoms with Gasteiger partial charge in [-0.25, -0.2) is 0 Å². The zero-order valence-electron chi connectivity index (χ0n) is 35.1. The van der Waals surface area contributed by atoms with Gasteiger partial charge in [0.15, 0.2) is 11.5 Å². The van der Waals surface area contributed by atoms with Gasteiger partial charge in [0, 0.05) is 0 Å². The molecule has 1 aromatic carbocycles. The quantitative estimate of drug-likeness (QED) is 0.0470. The molecule has 0 aliphatic carbocycles. The fourth-order valence-electron chi connectivity index (χ4n) is 6.61. The molecule has 0 aromatic heterocycles. The topological polar surface area (TPSA) is 96.9 Å². The van der Waals surface area contributed by atoms with Gasteiger partial charge in [-0.3, -0.25) is 0 Å². The number of ether oxygens (including phenoxy) is 3. The predicted molar refractivity (Wildman–Crippen MR) is 209 cm³/mol. The van der Waals surface area contributed by atoms with E-state index in [0.717, 1.165) is 38.5 Å². The van der Waals surface area contributed by atoms with Crippen LogP contribution in [0.4, 0.5) is 0 Å². The van der Waals surface area contributed by atoms with Crippen LogP contribution in [0.25, 0.3) is 0 Å². The molecular formula is C43H79Na2O6P. The molecule has 0 aliphatic heterocycles. The molecule has 1 rings (SSSR count). The summed E-state index contributed by atoms with van der Waals surface area (Å²) in [5.74, 6) is 1.55. The summed E-state index contributed by atoms with van der Waals surface area (Å²) in [6.45, 7) is 8.38. The van der Waals surface area contributed by atoms with Crippen molar-refractivity contribution in [1.29, 1.82) is 0 Å². The van der Waals surface area contributed by atoms with E-state index in [2.05, 4.69) is 20.8 Å². The average molecular weight is 769 g/mol. The maximum absolute atomic E-state index is 11.8. The van der Waals surface area contributed by atoms with Crippen molar-refractivity contribution in [3.8, 4) is 17.2 Å². The minimum atomic E-state index is -4.76. The Morgan fingerprint density at radius 1 is 0.385 bits per heavy atom. The molecule has 0 heterocycles. The van der Waals surface area contributed by atoms with Gasteiger partial charge in [0.1, 0.15) is 0 Å². The number of hydrogen-bond acceptors (Lipinski definition) is 6. The van der Waals surface area contributed by atoms with Gasteiger partial charge in [0.2, 0.25) is 5.75 Å². The maximum atomic E-state index is 11.8. The molecule has 0 fully saturated rings. The van der Waals surface area contributed by atoms with Crippen molar-refractivity contribution in [3.05, 3.63) is 17.7 Å². The summed E-state index contributed by atoms with van der Waals surface area (Å²) in [7, 11) is -4.76. The summed E-state index contributed by atoms with van der Waals surface area (Å²) in [6, 6.07) is 3.36. The standard InChI is InChI=1S/C43H81O6P.2Na/c1-4-7-10-13-16-19-22-25-28-31-34-47-41-37-40(39-50(44,45)46)38-42(48-35-32-29-26-23-20-17-14-11-8-5-2)43(41)49-36-33-30-27-24-21-18-15-12-9-6-3;;/h37-38H,4-36,39H2,1-3H3,(H2,44,45,46);;/q;2*+1/p-2. The monoisotopic (exact) mass is 769 g/mol. The molecule has 0 N–H and O–H groups in total. The molecule has 52 heavy (non-hydrogen) atoms. The molecule has 0 amide bonds. The van der Waals surface area contributed by atoms with E-state index in [-0.39, 0.29) is 59.1 Å². The third-order valence-electron chi connectivity index (χ3n) is 9.71. The van der Waals surface area contributed by atoms with Crippen molar-refractivity contribution < 1.29 is 88.0 Å². The summed E-state index contributed by atoms with van der Waals surface area (Å²) in [4.78, 5) is 35.3. The van der Waals surface area contributed by atoms with Crippen molar-refractivity contribution in [2.75, 3.05) is 19.8 Å². The largest absolute Gasteiger partial charge is 1.00 e. The van der Waals surface area contributed by atoms with Crippen LogP contribution in [0, 0.1) is 0 Å². The molecule has 0 spiro atoms. The molecule has 0 bridgehead atoms. The summed E-state index contributed by atoms with van der Waals surface area (Å²) >= 11 is 0. The van der Waals surface area contributed by atoms with Gasteiger partial charge in [-0.2, -0.15) is 7.94 Å². The Hall–Kier alpha value is 0.930. The molecule has 294 valence electrons. The first-order chi connectivity index (χ1) is 24.4. The minimum absolute atomic E-state index is 0. The van der Waals surface area contributed by atoms with Crippen molar-refractivity contribution >= 4 is 7.94 Å². The smallest absolute Gasteiger partial charge is 0.687 e. The van der Waals surface area contributed by atoms with Crippen LogP contribution in [0.15, 0.2) is 12.1 Å². The van der Waals surface area contributed by atoms with Crippen LogP contribution in [-0.4, -0.2) is 19.8 Å².